The van der Waals surface area contributed by atoms with E-state index in [0.29, 0.717) is 13.2 Å². The van der Waals surface area contributed by atoms with E-state index in [1.54, 1.807) is 7.11 Å². The number of nitrogens with zero attached hydrogens (tertiary/aromatic N) is 3. The zero-order valence-electron chi connectivity index (χ0n) is 17.4. The van der Waals surface area contributed by atoms with Crippen LogP contribution in [0.4, 0.5) is 0 Å². The molecule has 7 nitrogen and oxygen atoms in total. The van der Waals surface area contributed by atoms with Crippen LogP contribution in [-0.4, -0.2) is 93.9 Å². The fourth-order valence-corrected chi connectivity index (χ4v) is 3.68. The van der Waals surface area contributed by atoms with Gasteiger partial charge in [0.05, 0.1) is 7.11 Å². The van der Waals surface area contributed by atoms with Crippen molar-refractivity contribution in [1.29, 1.82) is 0 Å². The lowest BCUT2D eigenvalue weighted by Gasteiger charge is -2.36. The number of hydrogen-bond acceptors (Lipinski definition) is 6. The molecule has 0 N–H and O–H groups in total. The fourth-order valence-electron chi connectivity index (χ4n) is 3.68. The summed E-state index contributed by atoms with van der Waals surface area (Å²) in [6.07, 6.45) is 1.63. The number of piperazine rings is 1. The van der Waals surface area contributed by atoms with Crippen LogP contribution in [0.3, 0.4) is 0 Å². The molecule has 1 atom stereocenters. The van der Waals surface area contributed by atoms with Gasteiger partial charge in [0, 0.05) is 51.4 Å². The van der Waals surface area contributed by atoms with Gasteiger partial charge in [0.2, 0.25) is 0 Å². The van der Waals surface area contributed by atoms with Crippen molar-refractivity contribution in [1.82, 2.24) is 14.7 Å². The zero-order chi connectivity index (χ0) is 19.9. The van der Waals surface area contributed by atoms with Crippen molar-refractivity contribution in [2.45, 2.75) is 25.5 Å². The number of para-hydroxylation sites is 1. The molecule has 0 bridgehead atoms. The Balaban J connectivity index is 1.57. The Kier molecular flexibility index (Phi) is 7.53. The molecular weight excluding hydrogens is 358 g/mol. The Hall–Kier alpha value is -1.83. The minimum atomic E-state index is -0.221. The highest BCUT2D eigenvalue weighted by Crippen LogP contribution is 2.32. The highest BCUT2D eigenvalue weighted by molar-refractivity contribution is 5.81. The maximum absolute atomic E-state index is 12.5. The summed E-state index contributed by atoms with van der Waals surface area (Å²) in [6.45, 7) is 6.17. The van der Waals surface area contributed by atoms with Crippen molar-refractivity contribution in [3.8, 4) is 11.5 Å². The summed E-state index contributed by atoms with van der Waals surface area (Å²) in [5.74, 6) is 1.75. The van der Waals surface area contributed by atoms with Gasteiger partial charge < -0.3 is 24.0 Å². The predicted molar refractivity (Wildman–Crippen MR) is 108 cm³/mol. The van der Waals surface area contributed by atoms with Gasteiger partial charge in [0.1, 0.15) is 12.7 Å². The van der Waals surface area contributed by atoms with Crippen LogP contribution >= 0.6 is 0 Å². The number of likely N-dealkylation sites (N-methyl/N-ethyl adjacent to an activating group) is 1. The van der Waals surface area contributed by atoms with Crippen LogP contribution in [-0.2, 0) is 16.1 Å². The van der Waals surface area contributed by atoms with E-state index in [-0.39, 0.29) is 12.0 Å². The van der Waals surface area contributed by atoms with Crippen LogP contribution < -0.4 is 9.47 Å². The van der Waals surface area contributed by atoms with E-state index in [9.17, 15) is 4.79 Å². The first-order valence-corrected chi connectivity index (χ1v) is 10.1. The third-order valence-corrected chi connectivity index (χ3v) is 5.35. The maximum atomic E-state index is 12.5. The molecule has 2 heterocycles. The van der Waals surface area contributed by atoms with Crippen molar-refractivity contribution in [3.05, 3.63) is 23.8 Å². The summed E-state index contributed by atoms with van der Waals surface area (Å²) in [6, 6.07) is 6.04. The molecule has 2 aliphatic rings. The SMILES string of the molecule is COc1cccc(CN2CCN(C(=O)C3CCCO3)CC2)c1OCCN(C)C. The number of hydrogen-bond donors (Lipinski definition) is 0. The number of methoxy groups -OCH3 is 1. The quantitative estimate of drug-likeness (QED) is 0.669. The number of ether oxygens (including phenoxy) is 3. The second kappa shape index (κ2) is 10.1. The summed E-state index contributed by atoms with van der Waals surface area (Å²) in [5, 5.41) is 0. The average molecular weight is 392 g/mol. The predicted octanol–water partition coefficient (Wildman–Crippen LogP) is 1.46. The summed E-state index contributed by atoms with van der Waals surface area (Å²) in [5.41, 5.74) is 1.12. The van der Waals surface area contributed by atoms with Gasteiger partial charge in [0.25, 0.3) is 5.91 Å². The molecule has 1 unspecified atom stereocenters. The Bertz CT molecular complexity index is 639. The molecule has 0 spiro atoms. The molecule has 156 valence electrons. The average Bonchev–Trinajstić information content (AvgIpc) is 3.23. The van der Waals surface area contributed by atoms with Gasteiger partial charge in [-0.15, -0.1) is 0 Å². The topological polar surface area (TPSA) is 54.5 Å². The molecular formula is C21H33N3O4. The van der Waals surface area contributed by atoms with Crippen molar-refractivity contribution in [3.63, 3.8) is 0 Å². The molecule has 2 aliphatic heterocycles. The number of rotatable bonds is 8. The van der Waals surface area contributed by atoms with E-state index in [4.69, 9.17) is 14.2 Å². The van der Waals surface area contributed by atoms with Gasteiger partial charge in [-0.2, -0.15) is 0 Å². The summed E-state index contributed by atoms with van der Waals surface area (Å²) in [7, 11) is 5.74. The summed E-state index contributed by atoms with van der Waals surface area (Å²) in [4.78, 5) is 18.9. The van der Waals surface area contributed by atoms with Crippen LogP contribution in [0.2, 0.25) is 0 Å². The van der Waals surface area contributed by atoms with Gasteiger partial charge in [0.15, 0.2) is 11.5 Å². The van der Waals surface area contributed by atoms with Crippen LogP contribution in [0.5, 0.6) is 11.5 Å². The van der Waals surface area contributed by atoms with Crippen molar-refractivity contribution in [2.24, 2.45) is 0 Å². The number of amides is 1. The minimum absolute atomic E-state index is 0.159. The fraction of sp³-hybridized carbons (Fsp3) is 0.667. The molecule has 3 rings (SSSR count). The highest BCUT2D eigenvalue weighted by Gasteiger charge is 2.30. The molecule has 0 saturated carbocycles. The van der Waals surface area contributed by atoms with Gasteiger partial charge >= 0.3 is 0 Å². The molecule has 1 amide bonds. The normalized spacial score (nSPS) is 20.6. The third kappa shape index (κ3) is 5.37. The lowest BCUT2D eigenvalue weighted by Crippen LogP contribution is -2.51. The Labute approximate surface area is 168 Å². The molecule has 7 heteroatoms. The Morgan fingerprint density at radius 2 is 2.04 bits per heavy atom. The second-order valence-electron chi connectivity index (χ2n) is 7.70. The monoisotopic (exact) mass is 391 g/mol. The van der Waals surface area contributed by atoms with Crippen molar-refractivity contribution < 1.29 is 19.0 Å². The first kappa shape index (κ1) is 20.9. The molecule has 1 aromatic carbocycles. The molecule has 0 aliphatic carbocycles. The number of carbonyl (C=O) groups is 1. The van der Waals surface area contributed by atoms with E-state index in [0.717, 1.165) is 69.2 Å². The zero-order valence-corrected chi connectivity index (χ0v) is 17.4. The van der Waals surface area contributed by atoms with Crippen molar-refractivity contribution >= 4 is 5.91 Å². The highest BCUT2D eigenvalue weighted by atomic mass is 16.5. The maximum Gasteiger partial charge on any atom is 0.251 e. The van der Waals surface area contributed by atoms with Gasteiger partial charge in [-0.05, 0) is 33.0 Å². The second-order valence-corrected chi connectivity index (χ2v) is 7.70. The van der Waals surface area contributed by atoms with Gasteiger partial charge in [-0.3, -0.25) is 9.69 Å². The van der Waals surface area contributed by atoms with Gasteiger partial charge in [-0.25, -0.2) is 0 Å². The molecule has 2 saturated heterocycles. The van der Waals surface area contributed by atoms with Crippen LogP contribution in [0, 0.1) is 0 Å². The first-order chi connectivity index (χ1) is 13.6. The molecule has 0 radical (unpaired) electrons. The number of carbonyl (C=O) groups excluding carboxylic acids is 1. The third-order valence-electron chi connectivity index (χ3n) is 5.35. The minimum Gasteiger partial charge on any atom is -0.493 e. The van der Waals surface area contributed by atoms with E-state index in [1.807, 2.05) is 31.1 Å². The van der Waals surface area contributed by atoms with Crippen LogP contribution in [0.1, 0.15) is 18.4 Å². The van der Waals surface area contributed by atoms with E-state index >= 15 is 0 Å². The van der Waals surface area contributed by atoms with Crippen LogP contribution in [0.15, 0.2) is 18.2 Å². The Morgan fingerprint density at radius 1 is 1.25 bits per heavy atom. The largest absolute Gasteiger partial charge is 0.493 e. The Morgan fingerprint density at radius 3 is 2.68 bits per heavy atom. The van der Waals surface area contributed by atoms with E-state index in [1.165, 1.54) is 0 Å². The van der Waals surface area contributed by atoms with E-state index < -0.39 is 0 Å². The standard InChI is InChI=1S/C21H33N3O4/c1-22(2)13-15-28-20-17(6-4-7-18(20)26-3)16-23-9-11-24(12-10-23)21(25)19-8-5-14-27-19/h4,6-7,19H,5,8-16H2,1-3H3. The smallest absolute Gasteiger partial charge is 0.251 e. The molecule has 2 fully saturated rings. The number of benzene rings is 1. The van der Waals surface area contributed by atoms with Crippen molar-refractivity contribution in [2.75, 3.05) is 67.1 Å². The molecule has 0 aromatic heterocycles. The van der Waals surface area contributed by atoms with E-state index in [2.05, 4.69) is 15.9 Å². The molecule has 1 aromatic rings. The lowest BCUT2D eigenvalue weighted by molar-refractivity contribution is -0.142. The van der Waals surface area contributed by atoms with Gasteiger partial charge in [-0.1, -0.05) is 12.1 Å². The molecule has 28 heavy (non-hydrogen) atoms. The first-order valence-electron chi connectivity index (χ1n) is 10.1. The summed E-state index contributed by atoms with van der Waals surface area (Å²) >= 11 is 0. The lowest BCUT2D eigenvalue weighted by atomic mass is 10.1. The summed E-state index contributed by atoms with van der Waals surface area (Å²) < 4.78 is 17.1. The van der Waals surface area contributed by atoms with Crippen LogP contribution in [0.25, 0.3) is 0 Å².